The van der Waals surface area contributed by atoms with Crippen molar-refractivity contribution in [1.29, 1.82) is 0 Å². The van der Waals surface area contributed by atoms with Crippen LogP contribution in [0.15, 0.2) is 12.1 Å². The lowest BCUT2D eigenvalue weighted by Gasteiger charge is -2.22. The summed E-state index contributed by atoms with van der Waals surface area (Å²) < 4.78 is 9.25. The van der Waals surface area contributed by atoms with E-state index in [0.717, 1.165) is 19.2 Å². The van der Waals surface area contributed by atoms with E-state index in [1.807, 2.05) is 0 Å². The minimum absolute atomic E-state index is 0.432. The van der Waals surface area contributed by atoms with Crippen molar-refractivity contribution in [3.05, 3.63) is 17.7 Å². The van der Waals surface area contributed by atoms with Crippen LogP contribution in [0.4, 0.5) is 0 Å². The fourth-order valence-electron chi connectivity index (χ4n) is 1.99. The van der Waals surface area contributed by atoms with E-state index in [2.05, 4.69) is 4.74 Å². The van der Waals surface area contributed by atoms with E-state index in [1.54, 1.807) is 0 Å². The third-order valence-electron chi connectivity index (χ3n) is 3.45. The number of carboxylic acid groups (broad SMARTS) is 1. The normalized spacial score (nSPS) is 14.1. The Morgan fingerprint density at radius 2 is 1.65 bits per heavy atom. The van der Waals surface area contributed by atoms with Crippen LogP contribution >= 0.6 is 0 Å². The number of aliphatic hydroxyl groups excluding tert-OH is 2. The maximum absolute atomic E-state index is 12.1. The lowest BCUT2D eigenvalue weighted by atomic mass is 9.98. The highest BCUT2D eigenvalue weighted by molar-refractivity contribution is 5.92. The van der Waals surface area contributed by atoms with Crippen LogP contribution < -0.4 is 0 Å². The number of hydrogen-bond acceptors (Lipinski definition) is 10. The maximum atomic E-state index is 12.1. The predicted octanol–water partition coefficient (Wildman–Crippen LogP) is -1.05. The Labute approximate surface area is 146 Å². The second-order valence-corrected chi connectivity index (χ2v) is 5.21. The van der Waals surface area contributed by atoms with Crippen LogP contribution in [0.2, 0.25) is 0 Å². The monoisotopic (exact) mass is 374 g/mol. The van der Waals surface area contributed by atoms with E-state index in [1.165, 1.54) is 0 Å². The number of phenols is 3. The molecule has 0 saturated heterocycles. The Kier molecular flexibility index (Phi) is 7.16. The number of esters is 2. The highest BCUT2D eigenvalue weighted by atomic mass is 16.6. The number of aliphatic carboxylic acids is 1. The Morgan fingerprint density at radius 3 is 2.08 bits per heavy atom. The molecular weight excluding hydrogens is 356 g/mol. The molecule has 1 aromatic rings. The summed E-state index contributed by atoms with van der Waals surface area (Å²) in [4.78, 5) is 34.7. The zero-order valence-corrected chi connectivity index (χ0v) is 13.5. The zero-order chi connectivity index (χ0) is 20.0. The van der Waals surface area contributed by atoms with Crippen molar-refractivity contribution in [2.24, 2.45) is 5.92 Å². The quantitative estimate of drug-likeness (QED) is 0.240. The molecule has 0 saturated carbocycles. The van der Waals surface area contributed by atoms with E-state index >= 15 is 0 Å². The first-order valence-corrected chi connectivity index (χ1v) is 7.17. The van der Waals surface area contributed by atoms with Crippen molar-refractivity contribution in [2.75, 3.05) is 13.7 Å². The van der Waals surface area contributed by atoms with Gasteiger partial charge in [-0.2, -0.15) is 0 Å². The molecule has 3 atom stereocenters. The van der Waals surface area contributed by atoms with Gasteiger partial charge in [-0.15, -0.1) is 0 Å². The largest absolute Gasteiger partial charge is 0.504 e. The number of phenolic OH excluding ortho intramolecular Hbond substituents is 3. The van der Waals surface area contributed by atoms with Gasteiger partial charge in [-0.25, -0.2) is 9.59 Å². The second-order valence-electron chi connectivity index (χ2n) is 5.21. The molecule has 0 aliphatic rings. The molecule has 0 amide bonds. The second kappa shape index (κ2) is 8.87. The lowest BCUT2D eigenvalue weighted by Crippen LogP contribution is -2.38. The third kappa shape index (κ3) is 4.97. The molecule has 0 fully saturated rings. The first-order valence-electron chi connectivity index (χ1n) is 7.17. The molecule has 0 radical (unpaired) electrons. The minimum atomic E-state index is -1.74. The Morgan fingerprint density at radius 1 is 1.12 bits per heavy atom. The molecule has 11 nitrogen and oxygen atoms in total. The molecule has 0 aliphatic carbocycles. The van der Waals surface area contributed by atoms with Crippen LogP contribution in [0.25, 0.3) is 0 Å². The van der Waals surface area contributed by atoms with Crippen LogP contribution in [0.1, 0.15) is 16.8 Å². The molecular formula is C15H18O11. The zero-order valence-electron chi connectivity index (χ0n) is 13.5. The minimum Gasteiger partial charge on any atom is -0.504 e. The van der Waals surface area contributed by atoms with E-state index in [9.17, 15) is 34.8 Å². The van der Waals surface area contributed by atoms with Gasteiger partial charge in [0.25, 0.3) is 0 Å². The number of aliphatic hydroxyl groups is 2. The average molecular weight is 374 g/mol. The van der Waals surface area contributed by atoms with Crippen LogP contribution in [0, 0.1) is 5.92 Å². The molecule has 0 heterocycles. The average Bonchev–Trinajstić information content (AvgIpc) is 2.57. The van der Waals surface area contributed by atoms with Gasteiger partial charge in [0, 0.05) is 6.42 Å². The fraction of sp³-hybridized carbons (Fsp3) is 0.400. The van der Waals surface area contributed by atoms with E-state index in [-0.39, 0.29) is 0 Å². The molecule has 3 unspecified atom stereocenters. The summed E-state index contributed by atoms with van der Waals surface area (Å²) in [6, 6.07) is 1.52. The van der Waals surface area contributed by atoms with Crippen LogP contribution in [0.5, 0.6) is 17.2 Å². The van der Waals surface area contributed by atoms with Crippen molar-refractivity contribution >= 4 is 17.9 Å². The molecule has 0 aliphatic heterocycles. The van der Waals surface area contributed by atoms with Gasteiger partial charge >= 0.3 is 17.9 Å². The van der Waals surface area contributed by atoms with Gasteiger partial charge in [-0.3, -0.25) is 4.79 Å². The third-order valence-corrected chi connectivity index (χ3v) is 3.45. The Bertz CT molecular complexity index is 661. The molecule has 0 aromatic heterocycles. The first-order chi connectivity index (χ1) is 12.1. The number of hydrogen-bond donors (Lipinski definition) is 6. The predicted molar refractivity (Wildman–Crippen MR) is 81.5 cm³/mol. The maximum Gasteiger partial charge on any atom is 0.347 e. The number of carbonyl (C=O) groups is 3. The standard InChI is InChI=1S/C15H18O11/c1-25-15(24)11(4-8(17)7(5-16)13(21)22)26-14(23)6-2-9(18)12(20)10(19)3-6/h2-3,7-8,11,16-20H,4-5H2,1H3,(H,21,22). The number of methoxy groups -OCH3 is 1. The molecule has 1 rings (SSSR count). The highest BCUT2D eigenvalue weighted by Crippen LogP contribution is 2.35. The number of carbonyl (C=O) groups excluding carboxylic acids is 2. The summed E-state index contributed by atoms with van der Waals surface area (Å²) in [6.07, 6.45) is -4.16. The molecule has 26 heavy (non-hydrogen) atoms. The molecule has 11 heteroatoms. The number of ether oxygens (including phenoxy) is 2. The summed E-state index contributed by atoms with van der Waals surface area (Å²) in [6.45, 7) is -0.919. The molecule has 0 spiro atoms. The van der Waals surface area contributed by atoms with Gasteiger partial charge in [0.15, 0.2) is 17.2 Å². The van der Waals surface area contributed by atoms with Crippen molar-refractivity contribution in [3.8, 4) is 17.2 Å². The summed E-state index contributed by atoms with van der Waals surface area (Å²) in [7, 11) is 0.967. The Balaban J connectivity index is 2.99. The fourth-order valence-corrected chi connectivity index (χ4v) is 1.99. The highest BCUT2D eigenvalue weighted by Gasteiger charge is 2.34. The SMILES string of the molecule is COC(=O)C(CC(O)C(CO)C(=O)O)OC(=O)c1cc(O)c(O)c(O)c1. The van der Waals surface area contributed by atoms with Crippen molar-refractivity contribution in [1.82, 2.24) is 0 Å². The van der Waals surface area contributed by atoms with Crippen molar-refractivity contribution in [3.63, 3.8) is 0 Å². The molecule has 1 aromatic carbocycles. The molecule has 0 bridgehead atoms. The summed E-state index contributed by atoms with van der Waals surface area (Å²) in [5.41, 5.74) is -0.432. The van der Waals surface area contributed by atoms with E-state index in [4.69, 9.17) is 14.9 Å². The summed E-state index contributed by atoms with van der Waals surface area (Å²) >= 11 is 0. The van der Waals surface area contributed by atoms with Crippen LogP contribution in [0.3, 0.4) is 0 Å². The topological polar surface area (TPSA) is 191 Å². The van der Waals surface area contributed by atoms with Gasteiger partial charge < -0.3 is 40.1 Å². The lowest BCUT2D eigenvalue weighted by molar-refractivity contribution is -0.157. The number of benzene rings is 1. The number of aromatic hydroxyl groups is 3. The van der Waals surface area contributed by atoms with Gasteiger partial charge in [0.1, 0.15) is 5.92 Å². The van der Waals surface area contributed by atoms with E-state index < -0.39 is 71.9 Å². The van der Waals surface area contributed by atoms with Crippen molar-refractivity contribution < 1.29 is 54.5 Å². The van der Waals surface area contributed by atoms with Gasteiger partial charge in [-0.05, 0) is 12.1 Å². The molecule has 6 N–H and O–H groups in total. The number of carboxylic acids is 1. The smallest absolute Gasteiger partial charge is 0.347 e. The molecule has 144 valence electrons. The summed E-state index contributed by atoms with van der Waals surface area (Å²) in [5.74, 6) is -7.99. The van der Waals surface area contributed by atoms with Crippen LogP contribution in [-0.2, 0) is 19.1 Å². The van der Waals surface area contributed by atoms with Gasteiger partial charge in [-0.1, -0.05) is 0 Å². The summed E-state index contributed by atoms with van der Waals surface area (Å²) in [5, 5.41) is 55.7. The van der Waals surface area contributed by atoms with E-state index in [0.29, 0.717) is 0 Å². The Hall–Kier alpha value is -3.05. The van der Waals surface area contributed by atoms with Gasteiger partial charge in [0.2, 0.25) is 6.10 Å². The van der Waals surface area contributed by atoms with Crippen LogP contribution in [-0.4, -0.2) is 74.5 Å². The van der Waals surface area contributed by atoms with Gasteiger partial charge in [0.05, 0.1) is 25.4 Å². The number of rotatable bonds is 8. The first kappa shape index (κ1) is 21.0. The van der Waals surface area contributed by atoms with Crippen molar-refractivity contribution in [2.45, 2.75) is 18.6 Å².